The normalized spacial score (nSPS) is 25.4. The molecule has 1 rings (SSSR count). The molecule has 1 saturated heterocycles. The van der Waals surface area contributed by atoms with Crippen molar-refractivity contribution in [2.24, 2.45) is 0 Å². The second-order valence-corrected chi connectivity index (χ2v) is 12.3. The van der Waals surface area contributed by atoms with Crippen LogP contribution in [0.2, 0.25) is 0 Å². The standard InChI is InChI=1S/C27H52O11S/c1-2-3-4-5-6-7-8-9-10-11-12-13-14-15-16-17-22(30)38-26(20(29)18-28)27-25(33)24(32)23(31)21(37-27)19-39(34,35)36/h20-21,23-29,31-33H,2-19H2,1H3,(H,34,35,36)/t20?,21-,23+,24+,25-,26?,27-/m1/s1. The van der Waals surface area contributed by atoms with Crippen LogP contribution in [0, 0.1) is 0 Å². The lowest BCUT2D eigenvalue weighted by Gasteiger charge is -2.43. The van der Waals surface area contributed by atoms with Gasteiger partial charge in [-0.25, -0.2) is 0 Å². The monoisotopic (exact) mass is 584 g/mol. The van der Waals surface area contributed by atoms with Crippen LogP contribution in [0.25, 0.3) is 0 Å². The fourth-order valence-electron chi connectivity index (χ4n) is 4.92. The first kappa shape index (κ1) is 36.2. The van der Waals surface area contributed by atoms with Gasteiger partial charge in [-0.1, -0.05) is 96.8 Å². The van der Waals surface area contributed by atoms with Crippen molar-refractivity contribution in [2.75, 3.05) is 12.4 Å². The number of ether oxygens (including phenoxy) is 2. The SMILES string of the molecule is CCCCCCCCCCCCCCCCCC(=O)OC(C(O)CO)[C@@H]1O[C@H](CS(=O)(=O)O)[C@H](O)[C@H](O)[C@H]1O. The summed E-state index contributed by atoms with van der Waals surface area (Å²) >= 11 is 0. The van der Waals surface area contributed by atoms with Gasteiger partial charge >= 0.3 is 5.97 Å². The molecule has 0 aromatic carbocycles. The first-order valence-electron chi connectivity index (χ1n) is 14.6. The highest BCUT2D eigenvalue weighted by atomic mass is 32.2. The Morgan fingerprint density at radius 3 is 1.69 bits per heavy atom. The van der Waals surface area contributed by atoms with E-state index in [1.54, 1.807) is 0 Å². The van der Waals surface area contributed by atoms with Gasteiger partial charge in [0.2, 0.25) is 0 Å². The molecule has 11 nitrogen and oxygen atoms in total. The minimum Gasteiger partial charge on any atom is -0.457 e. The van der Waals surface area contributed by atoms with E-state index >= 15 is 0 Å². The Morgan fingerprint density at radius 2 is 1.26 bits per heavy atom. The summed E-state index contributed by atoms with van der Waals surface area (Å²) in [5, 5.41) is 50.1. The summed E-state index contributed by atoms with van der Waals surface area (Å²) in [6.45, 7) is 1.36. The minimum absolute atomic E-state index is 0.0232. The number of aliphatic hydroxyl groups excluding tert-OH is 5. The van der Waals surface area contributed by atoms with E-state index in [1.165, 1.54) is 64.2 Å². The molecule has 0 saturated carbocycles. The van der Waals surface area contributed by atoms with Gasteiger partial charge in [0.25, 0.3) is 10.1 Å². The van der Waals surface area contributed by atoms with Crippen molar-refractivity contribution in [3.63, 3.8) is 0 Å². The molecular weight excluding hydrogens is 532 g/mol. The number of hydrogen-bond acceptors (Lipinski definition) is 10. The molecular formula is C27H52O11S. The van der Waals surface area contributed by atoms with Crippen LogP contribution in [0.15, 0.2) is 0 Å². The molecule has 39 heavy (non-hydrogen) atoms. The summed E-state index contributed by atoms with van der Waals surface area (Å²) in [5.41, 5.74) is 0. The molecule has 0 aromatic rings. The van der Waals surface area contributed by atoms with Gasteiger partial charge in [0, 0.05) is 6.42 Å². The lowest BCUT2D eigenvalue weighted by atomic mass is 9.91. The molecule has 0 amide bonds. The van der Waals surface area contributed by atoms with Gasteiger partial charge < -0.3 is 35.0 Å². The molecule has 0 aromatic heterocycles. The Labute approximate surface area is 233 Å². The molecule has 0 bridgehead atoms. The summed E-state index contributed by atoms with van der Waals surface area (Å²) < 4.78 is 42.2. The highest BCUT2D eigenvalue weighted by Gasteiger charge is 2.50. The van der Waals surface area contributed by atoms with E-state index < -0.39 is 71.2 Å². The maximum atomic E-state index is 12.4. The van der Waals surface area contributed by atoms with Crippen LogP contribution in [0.4, 0.5) is 0 Å². The molecule has 1 aliphatic rings. The predicted octanol–water partition coefficient (Wildman–Crippen LogP) is 2.25. The highest BCUT2D eigenvalue weighted by molar-refractivity contribution is 7.85. The summed E-state index contributed by atoms with van der Waals surface area (Å²) in [6, 6.07) is 0. The first-order valence-corrected chi connectivity index (χ1v) is 16.3. The van der Waals surface area contributed by atoms with Gasteiger partial charge in [-0.15, -0.1) is 0 Å². The van der Waals surface area contributed by atoms with Crippen molar-refractivity contribution >= 4 is 16.1 Å². The molecule has 0 aliphatic carbocycles. The molecule has 232 valence electrons. The lowest BCUT2D eigenvalue weighted by Crippen LogP contribution is -2.64. The zero-order valence-electron chi connectivity index (χ0n) is 23.4. The minimum atomic E-state index is -4.63. The molecule has 6 N–H and O–H groups in total. The Kier molecular flexibility index (Phi) is 18.6. The van der Waals surface area contributed by atoms with Crippen LogP contribution in [0.3, 0.4) is 0 Å². The van der Waals surface area contributed by atoms with E-state index in [0.717, 1.165) is 25.7 Å². The van der Waals surface area contributed by atoms with Crippen LogP contribution < -0.4 is 0 Å². The van der Waals surface area contributed by atoms with Gasteiger partial charge in [-0.3, -0.25) is 9.35 Å². The lowest BCUT2D eigenvalue weighted by molar-refractivity contribution is -0.253. The smallest absolute Gasteiger partial charge is 0.306 e. The van der Waals surface area contributed by atoms with E-state index in [4.69, 9.17) is 14.0 Å². The maximum absolute atomic E-state index is 12.4. The third kappa shape index (κ3) is 15.1. The molecule has 7 atom stereocenters. The molecule has 2 unspecified atom stereocenters. The van der Waals surface area contributed by atoms with E-state index in [9.17, 15) is 38.7 Å². The van der Waals surface area contributed by atoms with Gasteiger partial charge in [0.1, 0.15) is 42.4 Å². The number of rotatable bonds is 22. The molecule has 1 heterocycles. The third-order valence-electron chi connectivity index (χ3n) is 7.27. The third-order valence-corrected chi connectivity index (χ3v) is 8.02. The number of esters is 1. The molecule has 1 aliphatic heterocycles. The summed E-state index contributed by atoms with van der Waals surface area (Å²) in [5.74, 6) is -1.81. The molecule has 0 radical (unpaired) electrons. The number of aliphatic hydroxyl groups is 5. The Balaban J connectivity index is 2.34. The zero-order chi connectivity index (χ0) is 29.3. The van der Waals surface area contributed by atoms with Gasteiger partial charge in [-0.05, 0) is 6.42 Å². The fourth-order valence-corrected chi connectivity index (χ4v) is 5.61. The van der Waals surface area contributed by atoms with Gasteiger partial charge in [0.15, 0.2) is 6.10 Å². The topological polar surface area (TPSA) is 191 Å². The van der Waals surface area contributed by atoms with Crippen molar-refractivity contribution in [1.82, 2.24) is 0 Å². The Morgan fingerprint density at radius 1 is 0.795 bits per heavy atom. The van der Waals surface area contributed by atoms with Crippen LogP contribution in [-0.2, 0) is 24.4 Å². The molecule has 1 fully saturated rings. The summed E-state index contributed by atoms with van der Waals surface area (Å²) in [6.07, 6.45) is 5.35. The Hall–Kier alpha value is -0.860. The fraction of sp³-hybridized carbons (Fsp3) is 0.963. The maximum Gasteiger partial charge on any atom is 0.306 e. The Bertz CT molecular complexity index is 748. The average Bonchev–Trinajstić information content (AvgIpc) is 2.88. The van der Waals surface area contributed by atoms with E-state index in [0.29, 0.717) is 6.42 Å². The van der Waals surface area contributed by atoms with E-state index in [1.807, 2.05) is 0 Å². The second kappa shape index (κ2) is 20.1. The van der Waals surface area contributed by atoms with Crippen LogP contribution in [0.1, 0.15) is 110 Å². The average molecular weight is 585 g/mol. The van der Waals surface area contributed by atoms with Crippen molar-refractivity contribution < 1.29 is 52.8 Å². The van der Waals surface area contributed by atoms with Crippen molar-refractivity contribution in [3.05, 3.63) is 0 Å². The van der Waals surface area contributed by atoms with Crippen molar-refractivity contribution in [3.8, 4) is 0 Å². The number of hydrogen-bond donors (Lipinski definition) is 6. The first-order chi connectivity index (χ1) is 18.5. The quantitative estimate of drug-likeness (QED) is 0.0621. The van der Waals surface area contributed by atoms with Gasteiger partial charge in [-0.2, -0.15) is 8.42 Å². The summed E-state index contributed by atoms with van der Waals surface area (Å²) in [4.78, 5) is 12.4. The zero-order valence-corrected chi connectivity index (χ0v) is 24.2. The van der Waals surface area contributed by atoms with E-state index in [-0.39, 0.29) is 6.42 Å². The second-order valence-electron chi connectivity index (χ2n) is 10.8. The highest BCUT2D eigenvalue weighted by Crippen LogP contribution is 2.27. The number of carbonyl (C=O) groups excluding carboxylic acids is 1. The number of carbonyl (C=O) groups is 1. The van der Waals surface area contributed by atoms with Crippen molar-refractivity contribution in [1.29, 1.82) is 0 Å². The van der Waals surface area contributed by atoms with Crippen molar-refractivity contribution in [2.45, 2.75) is 152 Å². The van der Waals surface area contributed by atoms with Gasteiger partial charge in [0.05, 0.1) is 6.61 Å². The van der Waals surface area contributed by atoms with Crippen LogP contribution in [0.5, 0.6) is 0 Å². The summed E-state index contributed by atoms with van der Waals surface area (Å²) in [7, 11) is -4.63. The molecule has 12 heteroatoms. The van der Waals surface area contributed by atoms with Crippen LogP contribution >= 0.6 is 0 Å². The van der Waals surface area contributed by atoms with E-state index in [2.05, 4.69) is 6.92 Å². The number of unbranched alkanes of at least 4 members (excludes halogenated alkanes) is 14. The largest absolute Gasteiger partial charge is 0.457 e. The predicted molar refractivity (Wildman–Crippen MR) is 146 cm³/mol. The molecule has 0 spiro atoms. The van der Waals surface area contributed by atoms with Crippen LogP contribution in [-0.4, -0.2) is 99.6 Å².